The number of halogens is 1. The Balaban J connectivity index is 0.000000980. The Bertz CT molecular complexity index is 336. The fraction of sp³-hybridized carbons (Fsp3) is 0.364. The van der Waals surface area contributed by atoms with Gasteiger partial charge in [-0.1, -0.05) is 24.3 Å². The molecule has 0 heterocycles. The zero-order valence-electron chi connectivity index (χ0n) is 7.99. The van der Waals surface area contributed by atoms with Crippen molar-refractivity contribution in [3.05, 3.63) is 35.4 Å². The van der Waals surface area contributed by atoms with Gasteiger partial charge in [-0.15, -0.1) is 12.4 Å². The van der Waals surface area contributed by atoms with E-state index in [2.05, 4.69) is 24.3 Å². The second-order valence-corrected chi connectivity index (χ2v) is 3.66. The van der Waals surface area contributed by atoms with Crippen molar-refractivity contribution in [2.24, 2.45) is 11.7 Å². The maximum absolute atomic E-state index is 7.41. The van der Waals surface area contributed by atoms with Crippen molar-refractivity contribution in [3.8, 4) is 0 Å². The molecular weight excluding hydrogens is 196 g/mol. The molecule has 0 spiro atoms. The van der Waals surface area contributed by atoms with Gasteiger partial charge < -0.3 is 5.73 Å². The van der Waals surface area contributed by atoms with Crippen LogP contribution in [0.2, 0.25) is 0 Å². The van der Waals surface area contributed by atoms with Gasteiger partial charge in [0.25, 0.3) is 0 Å². The summed E-state index contributed by atoms with van der Waals surface area (Å²) in [5.41, 5.74) is 8.31. The second-order valence-electron chi connectivity index (χ2n) is 3.66. The lowest BCUT2D eigenvalue weighted by molar-refractivity contribution is 0.577. The second kappa shape index (κ2) is 4.47. The Kier molecular flexibility index (Phi) is 3.53. The minimum atomic E-state index is 0. The predicted octanol–water partition coefficient (Wildman–Crippen LogP) is 2.15. The van der Waals surface area contributed by atoms with Crippen LogP contribution in [0.4, 0.5) is 0 Å². The summed E-state index contributed by atoms with van der Waals surface area (Å²) in [7, 11) is 0. The van der Waals surface area contributed by atoms with Gasteiger partial charge in [0.2, 0.25) is 0 Å². The first-order chi connectivity index (χ1) is 6.27. The molecule has 0 bridgehead atoms. The fourth-order valence-electron chi connectivity index (χ4n) is 1.96. The molecule has 0 radical (unpaired) electrons. The Labute approximate surface area is 90.4 Å². The van der Waals surface area contributed by atoms with Crippen molar-refractivity contribution in [2.45, 2.75) is 19.3 Å². The van der Waals surface area contributed by atoms with E-state index in [0.29, 0.717) is 5.84 Å². The number of benzene rings is 1. The number of hydrogen-bond donors (Lipinski definition) is 2. The molecule has 14 heavy (non-hydrogen) atoms. The maximum atomic E-state index is 7.41. The fourth-order valence-corrected chi connectivity index (χ4v) is 1.96. The molecule has 0 saturated heterocycles. The molecule has 1 unspecified atom stereocenters. The number of fused-ring (bicyclic) bond motifs is 1. The van der Waals surface area contributed by atoms with E-state index in [0.717, 1.165) is 19.3 Å². The molecule has 76 valence electrons. The molecule has 0 amide bonds. The van der Waals surface area contributed by atoms with Gasteiger partial charge in [-0.05, 0) is 30.4 Å². The lowest BCUT2D eigenvalue weighted by atomic mass is 9.83. The summed E-state index contributed by atoms with van der Waals surface area (Å²) in [6.07, 6.45) is 3.05. The van der Waals surface area contributed by atoms with Gasteiger partial charge in [-0.25, -0.2) is 0 Å². The van der Waals surface area contributed by atoms with E-state index in [-0.39, 0.29) is 18.3 Å². The molecule has 3 N–H and O–H groups in total. The monoisotopic (exact) mass is 210 g/mol. The van der Waals surface area contributed by atoms with Gasteiger partial charge in [0.15, 0.2) is 0 Å². The molecule has 2 rings (SSSR count). The summed E-state index contributed by atoms with van der Waals surface area (Å²) in [5.74, 6) is 0.615. The highest BCUT2D eigenvalue weighted by molar-refractivity contribution is 5.85. The molecule has 1 atom stereocenters. The molecule has 0 aliphatic heterocycles. The van der Waals surface area contributed by atoms with Crippen molar-refractivity contribution in [3.63, 3.8) is 0 Å². The first kappa shape index (κ1) is 11.1. The van der Waals surface area contributed by atoms with Crippen LogP contribution >= 0.6 is 12.4 Å². The molecule has 3 heteroatoms. The average Bonchev–Trinajstić information content (AvgIpc) is 2.17. The number of hydrogen-bond acceptors (Lipinski definition) is 1. The average molecular weight is 211 g/mol. The van der Waals surface area contributed by atoms with E-state index < -0.39 is 0 Å². The van der Waals surface area contributed by atoms with Crippen LogP contribution in [0.15, 0.2) is 24.3 Å². The minimum absolute atomic E-state index is 0. The van der Waals surface area contributed by atoms with Gasteiger partial charge >= 0.3 is 0 Å². The summed E-state index contributed by atoms with van der Waals surface area (Å²) >= 11 is 0. The van der Waals surface area contributed by atoms with Gasteiger partial charge in [-0.3, -0.25) is 5.41 Å². The normalized spacial score (nSPS) is 19.3. The van der Waals surface area contributed by atoms with E-state index in [1.807, 2.05) is 0 Å². The zero-order chi connectivity index (χ0) is 9.26. The molecule has 0 saturated carbocycles. The van der Waals surface area contributed by atoms with Crippen molar-refractivity contribution in [2.75, 3.05) is 0 Å². The first-order valence-corrected chi connectivity index (χ1v) is 4.68. The quantitative estimate of drug-likeness (QED) is 0.542. The Hall–Kier alpha value is -1.02. The third-order valence-corrected chi connectivity index (χ3v) is 2.79. The number of nitrogens with two attached hydrogens (primary N) is 1. The van der Waals surface area contributed by atoms with Crippen molar-refractivity contribution in [1.82, 2.24) is 0 Å². The molecular formula is C11H15ClN2. The third-order valence-electron chi connectivity index (χ3n) is 2.79. The summed E-state index contributed by atoms with van der Waals surface area (Å²) in [6, 6.07) is 8.45. The molecule has 1 aromatic carbocycles. The first-order valence-electron chi connectivity index (χ1n) is 4.68. The highest BCUT2D eigenvalue weighted by Gasteiger charge is 2.19. The van der Waals surface area contributed by atoms with Crippen LogP contribution in [0.3, 0.4) is 0 Å². The Morgan fingerprint density at radius 2 is 1.93 bits per heavy atom. The van der Waals surface area contributed by atoms with Gasteiger partial charge in [-0.2, -0.15) is 0 Å². The Morgan fingerprint density at radius 1 is 1.29 bits per heavy atom. The van der Waals surface area contributed by atoms with E-state index >= 15 is 0 Å². The lowest BCUT2D eigenvalue weighted by Crippen LogP contribution is -2.27. The van der Waals surface area contributed by atoms with E-state index in [4.69, 9.17) is 11.1 Å². The van der Waals surface area contributed by atoms with Gasteiger partial charge in [0, 0.05) is 5.92 Å². The number of aryl methyl sites for hydroxylation is 1. The number of amidine groups is 1. The van der Waals surface area contributed by atoms with Crippen LogP contribution in [0, 0.1) is 11.3 Å². The summed E-state index contributed by atoms with van der Waals surface area (Å²) < 4.78 is 0. The maximum Gasteiger partial charge on any atom is 0.0940 e. The van der Waals surface area contributed by atoms with E-state index in [9.17, 15) is 0 Å². The summed E-state index contributed by atoms with van der Waals surface area (Å²) in [6.45, 7) is 0. The molecule has 1 aliphatic carbocycles. The molecule has 1 aliphatic rings. The SMILES string of the molecule is Cl.N=C(N)C1CCc2ccccc2C1. The van der Waals surface area contributed by atoms with Crippen molar-refractivity contribution < 1.29 is 0 Å². The summed E-state index contributed by atoms with van der Waals surface area (Å²) in [4.78, 5) is 0. The smallest absolute Gasteiger partial charge is 0.0940 e. The van der Waals surface area contributed by atoms with Gasteiger partial charge in [0.05, 0.1) is 5.84 Å². The van der Waals surface area contributed by atoms with Crippen LogP contribution in [-0.2, 0) is 12.8 Å². The van der Waals surface area contributed by atoms with Crippen LogP contribution in [0.5, 0.6) is 0 Å². The number of rotatable bonds is 1. The molecule has 0 fully saturated rings. The van der Waals surface area contributed by atoms with Crippen molar-refractivity contribution in [1.29, 1.82) is 5.41 Å². The molecule has 2 nitrogen and oxygen atoms in total. The summed E-state index contributed by atoms with van der Waals surface area (Å²) in [5, 5.41) is 7.41. The largest absolute Gasteiger partial charge is 0.387 e. The van der Waals surface area contributed by atoms with Gasteiger partial charge in [0.1, 0.15) is 0 Å². The lowest BCUT2D eigenvalue weighted by Gasteiger charge is -2.23. The Morgan fingerprint density at radius 3 is 2.57 bits per heavy atom. The van der Waals surface area contributed by atoms with E-state index in [1.165, 1.54) is 11.1 Å². The van der Waals surface area contributed by atoms with Crippen LogP contribution in [0.25, 0.3) is 0 Å². The topological polar surface area (TPSA) is 49.9 Å². The predicted molar refractivity (Wildman–Crippen MR) is 61.1 cm³/mol. The van der Waals surface area contributed by atoms with E-state index in [1.54, 1.807) is 0 Å². The standard InChI is InChI=1S/C11H14N2.ClH/c12-11(13)10-6-5-8-3-1-2-4-9(8)7-10;/h1-4,10H,5-7H2,(H3,12,13);1H. The molecule has 0 aromatic heterocycles. The number of nitrogens with one attached hydrogen (secondary N) is 1. The third kappa shape index (κ3) is 2.07. The van der Waals surface area contributed by atoms with Crippen LogP contribution in [0.1, 0.15) is 17.5 Å². The van der Waals surface area contributed by atoms with Crippen molar-refractivity contribution >= 4 is 18.2 Å². The zero-order valence-corrected chi connectivity index (χ0v) is 8.81. The van der Waals surface area contributed by atoms with Crippen LogP contribution in [-0.4, -0.2) is 5.84 Å². The molecule has 1 aromatic rings. The highest BCUT2D eigenvalue weighted by atomic mass is 35.5. The van der Waals surface area contributed by atoms with Crippen LogP contribution < -0.4 is 5.73 Å². The highest BCUT2D eigenvalue weighted by Crippen LogP contribution is 2.24. The minimum Gasteiger partial charge on any atom is -0.387 e.